The molecule has 1 amide bonds. The van der Waals surface area contributed by atoms with Crippen molar-refractivity contribution in [2.75, 3.05) is 31.0 Å². The van der Waals surface area contributed by atoms with Gasteiger partial charge in [-0.3, -0.25) is 15.1 Å². The minimum atomic E-state index is -2.33. The average molecular weight is 593 g/mol. The van der Waals surface area contributed by atoms with Crippen LogP contribution in [0.5, 0.6) is 5.88 Å². The zero-order chi connectivity index (χ0) is 30.0. The first kappa shape index (κ1) is 29.7. The van der Waals surface area contributed by atoms with Crippen molar-refractivity contribution in [1.29, 1.82) is 0 Å². The van der Waals surface area contributed by atoms with Crippen molar-refractivity contribution >= 4 is 38.3 Å². The first-order valence-electron chi connectivity index (χ1n) is 14.4. The van der Waals surface area contributed by atoms with Gasteiger partial charge in [-0.2, -0.15) is 9.46 Å². The SMILES string of the molecule is Cc1cc2cc(n1)-c1cnn(CCNC(C)C)c1OCCC[C@@H](C)Cn1c(nc3ccc(N=S(C)(C)=O)cc31)NC2=O. The second-order valence-corrected chi connectivity index (χ2v) is 14.2. The van der Waals surface area contributed by atoms with E-state index < -0.39 is 9.73 Å². The van der Waals surface area contributed by atoms with E-state index in [1.165, 1.54) is 0 Å². The highest BCUT2D eigenvalue weighted by molar-refractivity contribution is 7.92. The maximum absolute atomic E-state index is 13.7. The summed E-state index contributed by atoms with van der Waals surface area (Å²) < 4.78 is 27.0. The number of hydrogen-bond donors (Lipinski definition) is 2. The van der Waals surface area contributed by atoms with E-state index in [0.717, 1.165) is 36.0 Å². The first-order chi connectivity index (χ1) is 20.0. The second kappa shape index (κ2) is 12.2. The number of fused-ring (bicyclic) bond motifs is 7. The van der Waals surface area contributed by atoms with Gasteiger partial charge < -0.3 is 14.6 Å². The number of pyridine rings is 1. The van der Waals surface area contributed by atoms with E-state index in [0.29, 0.717) is 60.2 Å². The molecule has 1 aromatic carbocycles. The summed E-state index contributed by atoms with van der Waals surface area (Å²) in [5.74, 6) is 1.10. The van der Waals surface area contributed by atoms with Gasteiger partial charge in [0.05, 0.1) is 47.3 Å². The van der Waals surface area contributed by atoms with Gasteiger partial charge in [-0.25, -0.2) is 13.9 Å². The van der Waals surface area contributed by atoms with Crippen LogP contribution in [0.15, 0.2) is 40.9 Å². The number of benzene rings is 1. The van der Waals surface area contributed by atoms with Crippen molar-refractivity contribution in [3.05, 3.63) is 47.8 Å². The van der Waals surface area contributed by atoms with Gasteiger partial charge in [0.2, 0.25) is 11.8 Å². The van der Waals surface area contributed by atoms with Gasteiger partial charge in [-0.15, -0.1) is 0 Å². The molecule has 4 aromatic rings. The molecular formula is C30H40N8O3S. The Morgan fingerprint density at radius 3 is 2.79 bits per heavy atom. The molecule has 0 spiro atoms. The van der Waals surface area contributed by atoms with Crippen molar-refractivity contribution in [2.24, 2.45) is 10.3 Å². The Bertz CT molecular complexity index is 1720. The van der Waals surface area contributed by atoms with Crippen LogP contribution in [-0.4, -0.2) is 66.1 Å². The predicted octanol–water partition coefficient (Wildman–Crippen LogP) is 5.02. The van der Waals surface area contributed by atoms with Crippen LogP contribution in [0.25, 0.3) is 22.3 Å². The fourth-order valence-corrected chi connectivity index (χ4v) is 5.76. The highest BCUT2D eigenvalue weighted by atomic mass is 32.2. The van der Waals surface area contributed by atoms with E-state index in [1.54, 1.807) is 36.9 Å². The summed E-state index contributed by atoms with van der Waals surface area (Å²) in [4.78, 5) is 23.2. The van der Waals surface area contributed by atoms with Crippen molar-refractivity contribution in [2.45, 2.75) is 59.7 Å². The summed E-state index contributed by atoms with van der Waals surface area (Å²) in [5.41, 5.74) is 4.74. The fourth-order valence-electron chi connectivity index (χ4n) is 5.14. The average Bonchev–Trinajstić information content (AvgIpc) is 3.45. The van der Waals surface area contributed by atoms with E-state index in [1.807, 2.05) is 28.3 Å². The number of aromatic nitrogens is 5. The van der Waals surface area contributed by atoms with Crippen LogP contribution in [0.3, 0.4) is 0 Å². The van der Waals surface area contributed by atoms with Crippen molar-refractivity contribution in [3.8, 4) is 17.1 Å². The smallest absolute Gasteiger partial charge is 0.258 e. The van der Waals surface area contributed by atoms with Crippen LogP contribution in [0.4, 0.5) is 11.6 Å². The summed E-state index contributed by atoms with van der Waals surface area (Å²) in [5, 5.41) is 11.1. The Morgan fingerprint density at radius 1 is 1.21 bits per heavy atom. The molecule has 1 aliphatic heterocycles. The molecule has 1 aliphatic rings. The molecule has 0 radical (unpaired) electrons. The van der Waals surface area contributed by atoms with E-state index in [9.17, 15) is 9.00 Å². The molecule has 0 fully saturated rings. The molecular weight excluding hydrogens is 552 g/mol. The Morgan fingerprint density at radius 2 is 2.02 bits per heavy atom. The number of nitrogens with one attached hydrogen (secondary N) is 2. The molecule has 11 nitrogen and oxygen atoms in total. The Kier molecular flexibility index (Phi) is 8.65. The summed E-state index contributed by atoms with van der Waals surface area (Å²) in [6.07, 6.45) is 6.73. The number of carbonyl (C=O) groups is 1. The lowest BCUT2D eigenvalue weighted by Gasteiger charge is -2.16. The molecule has 42 heavy (non-hydrogen) atoms. The summed E-state index contributed by atoms with van der Waals surface area (Å²) in [7, 11) is -2.33. The number of rotatable bonds is 5. The molecule has 0 unspecified atom stereocenters. The minimum Gasteiger partial charge on any atom is -0.477 e. The van der Waals surface area contributed by atoms with E-state index >= 15 is 0 Å². The molecule has 3 aromatic heterocycles. The molecule has 224 valence electrons. The monoisotopic (exact) mass is 592 g/mol. The van der Waals surface area contributed by atoms with Crippen molar-refractivity contribution < 1.29 is 13.7 Å². The number of aryl methyl sites for hydroxylation is 1. The molecule has 5 rings (SSSR count). The van der Waals surface area contributed by atoms with Crippen molar-refractivity contribution in [1.82, 2.24) is 29.6 Å². The predicted molar refractivity (Wildman–Crippen MR) is 167 cm³/mol. The van der Waals surface area contributed by atoms with Gasteiger partial charge in [0, 0.05) is 52.6 Å². The van der Waals surface area contributed by atoms with E-state index in [-0.39, 0.29) is 11.8 Å². The largest absolute Gasteiger partial charge is 0.477 e. The third-order valence-corrected chi connectivity index (χ3v) is 7.67. The normalized spacial score (nSPS) is 16.3. The third-order valence-electron chi connectivity index (χ3n) is 7.02. The first-order valence-corrected chi connectivity index (χ1v) is 16.7. The molecule has 0 saturated carbocycles. The zero-order valence-electron chi connectivity index (χ0n) is 25.2. The number of amides is 1. The third kappa shape index (κ3) is 6.99. The number of ether oxygens (including phenoxy) is 1. The van der Waals surface area contributed by atoms with Crippen LogP contribution in [-0.2, 0) is 22.8 Å². The second-order valence-electron chi connectivity index (χ2n) is 11.6. The maximum Gasteiger partial charge on any atom is 0.258 e. The van der Waals surface area contributed by atoms with Crippen LogP contribution >= 0.6 is 0 Å². The number of carbonyl (C=O) groups excluding carboxylic acids is 1. The topological polar surface area (TPSA) is 128 Å². The lowest BCUT2D eigenvalue weighted by atomic mass is 10.1. The lowest BCUT2D eigenvalue weighted by molar-refractivity contribution is 0.102. The van der Waals surface area contributed by atoms with Crippen LogP contribution in [0.1, 0.15) is 49.7 Å². The molecule has 0 aliphatic carbocycles. The Hall–Kier alpha value is -3.77. The number of nitrogens with zero attached hydrogens (tertiary/aromatic N) is 6. The molecule has 1 atom stereocenters. The maximum atomic E-state index is 13.7. The van der Waals surface area contributed by atoms with E-state index in [4.69, 9.17) is 14.7 Å². The Balaban J connectivity index is 1.55. The molecule has 4 heterocycles. The molecule has 0 saturated heterocycles. The van der Waals surface area contributed by atoms with Gasteiger partial charge in [-0.05, 0) is 56.0 Å². The van der Waals surface area contributed by atoms with Gasteiger partial charge >= 0.3 is 0 Å². The number of hydrogen-bond acceptors (Lipinski definition) is 8. The van der Waals surface area contributed by atoms with Crippen LogP contribution in [0, 0.1) is 12.8 Å². The minimum absolute atomic E-state index is 0.263. The molecule has 12 heteroatoms. The highest BCUT2D eigenvalue weighted by Crippen LogP contribution is 2.32. The summed E-state index contributed by atoms with van der Waals surface area (Å²) in [6.45, 7) is 10.8. The summed E-state index contributed by atoms with van der Waals surface area (Å²) in [6, 6.07) is 9.45. The van der Waals surface area contributed by atoms with Crippen LogP contribution in [0.2, 0.25) is 0 Å². The lowest BCUT2D eigenvalue weighted by Crippen LogP contribution is -2.27. The van der Waals surface area contributed by atoms with E-state index in [2.05, 4.69) is 40.9 Å². The van der Waals surface area contributed by atoms with Gasteiger partial charge in [0.15, 0.2) is 0 Å². The zero-order valence-corrected chi connectivity index (χ0v) is 26.0. The van der Waals surface area contributed by atoms with Gasteiger partial charge in [0.25, 0.3) is 5.91 Å². The van der Waals surface area contributed by atoms with Gasteiger partial charge in [0.1, 0.15) is 0 Å². The van der Waals surface area contributed by atoms with Crippen LogP contribution < -0.4 is 15.4 Å². The number of imidazole rings is 1. The molecule has 2 N–H and O–H groups in total. The van der Waals surface area contributed by atoms with Gasteiger partial charge in [-0.1, -0.05) is 20.8 Å². The quantitative estimate of drug-likeness (QED) is 0.333. The highest BCUT2D eigenvalue weighted by Gasteiger charge is 2.21. The summed E-state index contributed by atoms with van der Waals surface area (Å²) >= 11 is 0. The fraction of sp³-hybridized carbons (Fsp3) is 0.467. The number of anilines is 1. The standard InChI is InChI=1S/C30H40N8O3S/c1-19(2)31-11-12-38-29-24(17-32-38)26-15-22(14-21(4)33-26)28(39)35-30-34-25-10-9-23(36-42(5,6)40)16-27(25)37(30)18-20(3)8-7-13-41-29/h9-10,14-17,19-20,31H,7-8,11-13,18H2,1-6H3,(H,34,35,39)/t20-/m1/s1. The molecule has 2 bridgehead atoms. The van der Waals surface area contributed by atoms with Crippen molar-refractivity contribution in [3.63, 3.8) is 0 Å². The Labute approximate surface area is 247 Å².